The second-order valence-electron chi connectivity index (χ2n) is 3.91. The van der Waals surface area contributed by atoms with Gasteiger partial charge in [-0.25, -0.2) is 0 Å². The highest BCUT2D eigenvalue weighted by atomic mass is 19.4. The molecular formula is C13H17F3N2O. The van der Waals surface area contributed by atoms with Gasteiger partial charge in [0.1, 0.15) is 5.75 Å². The number of ether oxygens (including phenoxy) is 1. The third kappa shape index (κ3) is 5.32. The van der Waals surface area contributed by atoms with Crippen molar-refractivity contribution in [2.45, 2.75) is 18.8 Å². The van der Waals surface area contributed by atoms with Crippen molar-refractivity contribution in [1.29, 1.82) is 0 Å². The van der Waals surface area contributed by atoms with Crippen LogP contribution in [0.5, 0.6) is 5.75 Å². The predicted molar refractivity (Wildman–Crippen MR) is 67.7 cm³/mol. The summed E-state index contributed by atoms with van der Waals surface area (Å²) in [5.74, 6) is -0.225. The number of hydrogen-bond acceptors (Lipinski definition) is 3. The van der Waals surface area contributed by atoms with Crippen LogP contribution in [0.1, 0.15) is 18.0 Å². The highest BCUT2D eigenvalue weighted by molar-refractivity contribution is 5.36. The van der Waals surface area contributed by atoms with E-state index in [0.29, 0.717) is 18.5 Å². The Kier molecular flexibility index (Phi) is 5.85. The van der Waals surface area contributed by atoms with Gasteiger partial charge in [0.25, 0.3) is 0 Å². The molecule has 0 aliphatic heterocycles. The Balaban J connectivity index is 2.86. The lowest BCUT2D eigenvalue weighted by molar-refractivity contribution is -0.275. The van der Waals surface area contributed by atoms with Gasteiger partial charge in [-0.3, -0.25) is 0 Å². The average Bonchev–Trinajstić information content (AvgIpc) is 2.34. The molecule has 0 amide bonds. The number of hydrogen-bond donors (Lipinski definition) is 2. The van der Waals surface area contributed by atoms with Gasteiger partial charge < -0.3 is 15.8 Å². The van der Waals surface area contributed by atoms with E-state index in [4.69, 9.17) is 5.73 Å². The van der Waals surface area contributed by atoms with E-state index in [1.54, 1.807) is 18.2 Å². The monoisotopic (exact) mass is 274 g/mol. The maximum absolute atomic E-state index is 12.3. The third-order valence-electron chi connectivity index (χ3n) is 2.50. The van der Waals surface area contributed by atoms with Gasteiger partial charge in [-0.15, -0.1) is 19.8 Å². The van der Waals surface area contributed by atoms with Gasteiger partial charge in [0.15, 0.2) is 0 Å². The summed E-state index contributed by atoms with van der Waals surface area (Å²) in [6, 6.07) is 5.59. The second-order valence-corrected chi connectivity index (χ2v) is 3.91. The number of benzene rings is 1. The lowest BCUT2D eigenvalue weighted by Gasteiger charge is -2.20. The molecule has 0 fully saturated rings. The lowest BCUT2D eigenvalue weighted by Crippen LogP contribution is -2.30. The van der Waals surface area contributed by atoms with E-state index in [1.165, 1.54) is 12.1 Å². The van der Waals surface area contributed by atoms with E-state index in [1.807, 2.05) is 0 Å². The van der Waals surface area contributed by atoms with E-state index >= 15 is 0 Å². The Labute approximate surface area is 110 Å². The summed E-state index contributed by atoms with van der Waals surface area (Å²) in [5, 5.41) is 3.07. The second kappa shape index (κ2) is 7.16. The Bertz CT molecular complexity index is 407. The minimum Gasteiger partial charge on any atom is -0.405 e. The number of nitrogens with one attached hydrogen (secondary N) is 1. The van der Waals surface area contributed by atoms with Crippen LogP contribution in [0.25, 0.3) is 0 Å². The van der Waals surface area contributed by atoms with Crippen molar-refractivity contribution >= 4 is 0 Å². The number of rotatable bonds is 7. The fourth-order valence-corrected chi connectivity index (χ4v) is 1.67. The first kappa shape index (κ1) is 15.5. The van der Waals surface area contributed by atoms with Crippen molar-refractivity contribution < 1.29 is 17.9 Å². The summed E-state index contributed by atoms with van der Waals surface area (Å²) in [5.41, 5.74) is 5.99. The predicted octanol–water partition coefficient (Wildman–Crippen LogP) is 2.75. The number of nitrogens with two attached hydrogens (primary N) is 1. The molecule has 0 spiro atoms. The molecule has 0 aliphatic rings. The minimum atomic E-state index is -4.71. The molecule has 1 atom stereocenters. The van der Waals surface area contributed by atoms with Crippen molar-refractivity contribution in [3.63, 3.8) is 0 Å². The first-order chi connectivity index (χ1) is 8.98. The molecule has 19 heavy (non-hydrogen) atoms. The van der Waals surface area contributed by atoms with E-state index in [2.05, 4.69) is 16.6 Å². The molecule has 0 saturated heterocycles. The molecule has 0 aliphatic carbocycles. The van der Waals surface area contributed by atoms with E-state index in [9.17, 15) is 13.2 Å². The Morgan fingerprint density at radius 1 is 1.37 bits per heavy atom. The highest BCUT2D eigenvalue weighted by Crippen LogP contribution is 2.29. The molecule has 0 aromatic heterocycles. The van der Waals surface area contributed by atoms with E-state index in [0.717, 1.165) is 0 Å². The Morgan fingerprint density at radius 3 is 2.63 bits per heavy atom. The third-order valence-corrected chi connectivity index (χ3v) is 2.50. The molecule has 0 bridgehead atoms. The topological polar surface area (TPSA) is 47.3 Å². The molecule has 106 valence electrons. The zero-order valence-electron chi connectivity index (χ0n) is 10.4. The maximum Gasteiger partial charge on any atom is 0.573 e. The van der Waals surface area contributed by atoms with Crippen LogP contribution < -0.4 is 15.8 Å². The van der Waals surface area contributed by atoms with Gasteiger partial charge in [-0.05, 0) is 19.0 Å². The molecule has 1 unspecified atom stereocenters. The van der Waals surface area contributed by atoms with Crippen LogP contribution in [-0.2, 0) is 0 Å². The highest BCUT2D eigenvalue weighted by Gasteiger charge is 2.32. The summed E-state index contributed by atoms with van der Waals surface area (Å²) in [7, 11) is 0. The molecule has 1 rings (SSSR count). The SMILES string of the molecule is C=CCCNC(CN)c1ccccc1OC(F)(F)F. The van der Waals surface area contributed by atoms with Crippen LogP contribution in [0.2, 0.25) is 0 Å². The molecule has 1 aromatic carbocycles. The van der Waals surface area contributed by atoms with Crippen LogP contribution in [-0.4, -0.2) is 19.5 Å². The first-order valence-electron chi connectivity index (χ1n) is 5.87. The average molecular weight is 274 g/mol. The molecule has 1 aromatic rings. The van der Waals surface area contributed by atoms with Gasteiger partial charge in [0.05, 0.1) is 0 Å². The van der Waals surface area contributed by atoms with Crippen LogP contribution in [0, 0.1) is 0 Å². The minimum absolute atomic E-state index is 0.176. The number of halogens is 3. The van der Waals surface area contributed by atoms with Crippen LogP contribution >= 0.6 is 0 Å². The molecule has 0 heterocycles. The van der Waals surface area contributed by atoms with Crippen LogP contribution in [0.15, 0.2) is 36.9 Å². The van der Waals surface area contributed by atoms with Crippen molar-refractivity contribution in [3.8, 4) is 5.75 Å². The first-order valence-corrected chi connectivity index (χ1v) is 5.87. The maximum atomic E-state index is 12.3. The molecular weight excluding hydrogens is 257 g/mol. The summed E-state index contributed by atoms with van der Waals surface area (Å²) in [4.78, 5) is 0. The van der Waals surface area contributed by atoms with Gasteiger partial charge in [0.2, 0.25) is 0 Å². The Hall–Kier alpha value is -1.53. The van der Waals surface area contributed by atoms with Crippen LogP contribution in [0.4, 0.5) is 13.2 Å². The smallest absolute Gasteiger partial charge is 0.405 e. The zero-order chi connectivity index (χ0) is 14.3. The number of alkyl halides is 3. The van der Waals surface area contributed by atoms with Crippen LogP contribution in [0.3, 0.4) is 0 Å². The van der Waals surface area contributed by atoms with Crippen molar-refractivity contribution in [3.05, 3.63) is 42.5 Å². The summed E-state index contributed by atoms with van der Waals surface area (Å²) in [6.45, 7) is 4.34. The normalized spacial score (nSPS) is 13.1. The Morgan fingerprint density at radius 2 is 2.05 bits per heavy atom. The summed E-state index contributed by atoms with van der Waals surface area (Å²) in [6.07, 6.45) is -2.28. The van der Waals surface area contributed by atoms with E-state index < -0.39 is 12.4 Å². The lowest BCUT2D eigenvalue weighted by atomic mass is 10.1. The van der Waals surface area contributed by atoms with Gasteiger partial charge in [0, 0.05) is 18.2 Å². The molecule has 0 radical (unpaired) electrons. The molecule has 3 nitrogen and oxygen atoms in total. The summed E-state index contributed by atoms with van der Waals surface area (Å²) >= 11 is 0. The van der Waals surface area contributed by atoms with Gasteiger partial charge >= 0.3 is 6.36 Å². The summed E-state index contributed by atoms with van der Waals surface area (Å²) < 4.78 is 40.9. The van der Waals surface area contributed by atoms with Gasteiger partial charge in [-0.2, -0.15) is 0 Å². The van der Waals surface area contributed by atoms with Gasteiger partial charge in [-0.1, -0.05) is 24.3 Å². The van der Waals surface area contributed by atoms with Crippen molar-refractivity contribution in [2.75, 3.05) is 13.1 Å². The largest absolute Gasteiger partial charge is 0.573 e. The number of para-hydroxylation sites is 1. The fraction of sp³-hybridized carbons (Fsp3) is 0.385. The fourth-order valence-electron chi connectivity index (χ4n) is 1.67. The molecule has 0 saturated carbocycles. The molecule has 3 N–H and O–H groups in total. The quantitative estimate of drug-likeness (QED) is 0.593. The van der Waals surface area contributed by atoms with Crippen molar-refractivity contribution in [1.82, 2.24) is 5.32 Å². The zero-order valence-corrected chi connectivity index (χ0v) is 10.4. The molecule has 6 heteroatoms. The standard InChI is InChI=1S/C13H17F3N2O/c1-2-3-8-18-11(9-17)10-6-4-5-7-12(10)19-13(14,15)16/h2,4-7,11,18H,1,3,8-9,17H2. The van der Waals surface area contributed by atoms with E-state index in [-0.39, 0.29) is 12.3 Å². The van der Waals surface area contributed by atoms with Crippen molar-refractivity contribution in [2.24, 2.45) is 5.73 Å².